The number of amidine groups is 1. The summed E-state index contributed by atoms with van der Waals surface area (Å²) >= 11 is 0. The van der Waals surface area contributed by atoms with E-state index in [1.807, 2.05) is 19.9 Å². The van der Waals surface area contributed by atoms with E-state index < -0.39 is 0 Å². The topological polar surface area (TPSA) is 79.1 Å². The number of nitrogens with two attached hydrogens (primary N) is 1. The van der Waals surface area contributed by atoms with Crippen LogP contribution in [0, 0.1) is 6.92 Å². The zero-order chi connectivity index (χ0) is 10.6. The Labute approximate surface area is 83.1 Å². The number of anilines is 1. The molecule has 0 spiro atoms. The van der Waals surface area contributed by atoms with Gasteiger partial charge in [-0.15, -0.1) is 0 Å². The van der Waals surface area contributed by atoms with Crippen molar-refractivity contribution >= 4 is 11.7 Å². The molecule has 0 unspecified atom stereocenters. The molecule has 0 aliphatic rings. The van der Waals surface area contributed by atoms with E-state index in [9.17, 15) is 0 Å². The van der Waals surface area contributed by atoms with Gasteiger partial charge in [0.05, 0.1) is 0 Å². The molecular formula is C9H15N5. The van der Waals surface area contributed by atoms with Crippen LogP contribution in [0.2, 0.25) is 0 Å². The number of hydrogen-bond acceptors (Lipinski definition) is 3. The fraction of sp³-hybridized carbons (Fsp3) is 0.333. The Balaban J connectivity index is 2.72. The molecule has 4 N–H and O–H groups in total. The number of rotatable bonds is 2. The summed E-state index contributed by atoms with van der Waals surface area (Å²) in [5.74, 6) is 1.43. The van der Waals surface area contributed by atoms with E-state index in [-0.39, 0.29) is 0 Å². The predicted octanol–water partition coefficient (Wildman–Crippen LogP) is 1.02. The van der Waals surface area contributed by atoms with Crippen molar-refractivity contribution in [1.29, 1.82) is 0 Å². The third-order valence-corrected chi connectivity index (χ3v) is 1.57. The number of nitrogens with one attached hydrogen (secondary N) is 2. The van der Waals surface area contributed by atoms with Gasteiger partial charge in [-0.05, 0) is 19.9 Å². The average Bonchev–Trinajstić information content (AvgIpc) is 2.49. The molecule has 0 saturated heterocycles. The maximum atomic E-state index is 5.54. The summed E-state index contributed by atoms with van der Waals surface area (Å²) in [6.45, 7) is 3.74. The van der Waals surface area contributed by atoms with Crippen LogP contribution in [-0.2, 0) is 0 Å². The second-order valence-corrected chi connectivity index (χ2v) is 3.06. The summed E-state index contributed by atoms with van der Waals surface area (Å²) in [7, 11) is 1.70. The van der Waals surface area contributed by atoms with E-state index in [0.717, 1.165) is 11.5 Å². The zero-order valence-electron chi connectivity index (χ0n) is 8.63. The van der Waals surface area contributed by atoms with Crippen LogP contribution in [0.4, 0.5) is 5.82 Å². The molecule has 0 amide bonds. The van der Waals surface area contributed by atoms with Gasteiger partial charge in [-0.25, -0.2) is 0 Å². The SMILES string of the molecule is CN=C(C=C(C)N)Nc1cc(C)[nH]n1. The largest absolute Gasteiger partial charge is 0.402 e. The number of aromatic amines is 1. The highest BCUT2D eigenvalue weighted by atomic mass is 15.2. The molecule has 5 nitrogen and oxygen atoms in total. The second kappa shape index (κ2) is 4.45. The minimum atomic E-state index is 0.691. The van der Waals surface area contributed by atoms with Gasteiger partial charge in [0.25, 0.3) is 0 Å². The number of nitrogens with zero attached hydrogens (tertiary/aromatic N) is 2. The van der Waals surface area contributed by atoms with Crippen molar-refractivity contribution in [2.24, 2.45) is 10.7 Å². The van der Waals surface area contributed by atoms with Gasteiger partial charge in [-0.3, -0.25) is 10.1 Å². The second-order valence-electron chi connectivity index (χ2n) is 3.06. The predicted molar refractivity (Wildman–Crippen MR) is 58.3 cm³/mol. The fourth-order valence-corrected chi connectivity index (χ4v) is 0.985. The lowest BCUT2D eigenvalue weighted by molar-refractivity contribution is 1.05. The summed E-state index contributed by atoms with van der Waals surface area (Å²) in [5, 5.41) is 9.89. The van der Waals surface area contributed by atoms with E-state index in [4.69, 9.17) is 5.73 Å². The van der Waals surface area contributed by atoms with Gasteiger partial charge in [0.15, 0.2) is 5.82 Å². The fourth-order valence-electron chi connectivity index (χ4n) is 0.985. The Morgan fingerprint density at radius 2 is 2.43 bits per heavy atom. The summed E-state index contributed by atoms with van der Waals surface area (Å²) in [6.07, 6.45) is 1.75. The molecule has 0 fully saturated rings. The quantitative estimate of drug-likeness (QED) is 0.484. The molecular weight excluding hydrogens is 178 g/mol. The molecule has 1 aromatic rings. The summed E-state index contributed by atoms with van der Waals surface area (Å²) < 4.78 is 0. The number of aliphatic imine (C=N–C) groups is 1. The summed E-state index contributed by atoms with van der Waals surface area (Å²) in [5.41, 5.74) is 7.24. The van der Waals surface area contributed by atoms with Crippen LogP contribution in [0.5, 0.6) is 0 Å². The first-order valence-corrected chi connectivity index (χ1v) is 4.31. The third-order valence-electron chi connectivity index (χ3n) is 1.57. The maximum Gasteiger partial charge on any atom is 0.153 e. The number of aromatic nitrogens is 2. The molecule has 0 saturated carbocycles. The lowest BCUT2D eigenvalue weighted by Gasteiger charge is -2.01. The lowest BCUT2D eigenvalue weighted by Crippen LogP contribution is -2.11. The van der Waals surface area contributed by atoms with E-state index in [1.54, 1.807) is 13.1 Å². The van der Waals surface area contributed by atoms with Crippen LogP contribution < -0.4 is 11.1 Å². The molecule has 76 valence electrons. The number of allylic oxidation sites excluding steroid dienone is 1. The first-order chi connectivity index (χ1) is 6.61. The van der Waals surface area contributed by atoms with Crippen LogP contribution in [-0.4, -0.2) is 23.1 Å². The highest BCUT2D eigenvalue weighted by Crippen LogP contribution is 2.04. The summed E-state index contributed by atoms with van der Waals surface area (Å²) in [6, 6.07) is 1.89. The van der Waals surface area contributed by atoms with Crippen molar-refractivity contribution in [3.8, 4) is 0 Å². The van der Waals surface area contributed by atoms with Crippen molar-refractivity contribution in [3.05, 3.63) is 23.5 Å². The smallest absolute Gasteiger partial charge is 0.153 e. The highest BCUT2D eigenvalue weighted by molar-refractivity contribution is 6.03. The van der Waals surface area contributed by atoms with E-state index >= 15 is 0 Å². The van der Waals surface area contributed by atoms with Gasteiger partial charge in [0.2, 0.25) is 0 Å². The Kier molecular flexibility index (Phi) is 3.28. The average molecular weight is 193 g/mol. The zero-order valence-corrected chi connectivity index (χ0v) is 8.63. The third kappa shape index (κ3) is 2.93. The Bertz CT molecular complexity index is 357. The van der Waals surface area contributed by atoms with E-state index in [1.165, 1.54) is 0 Å². The van der Waals surface area contributed by atoms with Gasteiger partial charge in [-0.2, -0.15) is 5.10 Å². The molecule has 0 aromatic carbocycles. The molecule has 1 aromatic heterocycles. The standard InChI is InChI=1S/C9H15N5/c1-6(10)4-8(11-3)12-9-5-7(2)13-14-9/h4-5H,10H2,1-3H3,(H2,11,12,13,14). The van der Waals surface area contributed by atoms with Gasteiger partial charge in [0.1, 0.15) is 5.84 Å². The molecule has 5 heteroatoms. The van der Waals surface area contributed by atoms with Gasteiger partial charge >= 0.3 is 0 Å². The van der Waals surface area contributed by atoms with Crippen molar-refractivity contribution in [2.75, 3.05) is 12.4 Å². The number of H-pyrrole nitrogens is 1. The maximum absolute atomic E-state index is 5.54. The van der Waals surface area contributed by atoms with Gasteiger partial charge in [0, 0.05) is 24.5 Å². The molecule has 0 atom stereocenters. The Morgan fingerprint density at radius 3 is 2.86 bits per heavy atom. The van der Waals surface area contributed by atoms with Gasteiger partial charge < -0.3 is 11.1 Å². The molecule has 0 radical (unpaired) electrons. The first-order valence-electron chi connectivity index (χ1n) is 4.31. The van der Waals surface area contributed by atoms with Gasteiger partial charge in [-0.1, -0.05) is 0 Å². The Hall–Kier alpha value is -1.78. The summed E-state index contributed by atoms with van der Waals surface area (Å²) in [4.78, 5) is 4.03. The Morgan fingerprint density at radius 1 is 1.71 bits per heavy atom. The molecule has 0 aliphatic heterocycles. The normalized spacial score (nSPS) is 13.1. The molecule has 1 rings (SSSR count). The number of hydrogen-bond donors (Lipinski definition) is 3. The van der Waals surface area contributed by atoms with E-state index in [2.05, 4.69) is 20.5 Å². The van der Waals surface area contributed by atoms with Crippen LogP contribution in [0.3, 0.4) is 0 Å². The van der Waals surface area contributed by atoms with Crippen molar-refractivity contribution in [2.45, 2.75) is 13.8 Å². The molecule has 0 bridgehead atoms. The molecule has 14 heavy (non-hydrogen) atoms. The van der Waals surface area contributed by atoms with Crippen molar-refractivity contribution in [1.82, 2.24) is 10.2 Å². The minimum Gasteiger partial charge on any atom is -0.402 e. The van der Waals surface area contributed by atoms with Crippen LogP contribution in [0.1, 0.15) is 12.6 Å². The minimum absolute atomic E-state index is 0.691. The highest BCUT2D eigenvalue weighted by Gasteiger charge is 1.99. The number of aryl methyl sites for hydroxylation is 1. The van der Waals surface area contributed by atoms with Crippen LogP contribution in [0.15, 0.2) is 22.8 Å². The molecule has 1 heterocycles. The lowest BCUT2D eigenvalue weighted by atomic mass is 10.4. The molecule has 0 aliphatic carbocycles. The van der Waals surface area contributed by atoms with Crippen LogP contribution in [0.25, 0.3) is 0 Å². The first kappa shape index (κ1) is 10.3. The monoisotopic (exact) mass is 193 g/mol. The van der Waals surface area contributed by atoms with Crippen molar-refractivity contribution in [3.63, 3.8) is 0 Å². The van der Waals surface area contributed by atoms with E-state index in [0.29, 0.717) is 11.5 Å². The van der Waals surface area contributed by atoms with Crippen LogP contribution >= 0.6 is 0 Å². The van der Waals surface area contributed by atoms with Crippen molar-refractivity contribution < 1.29 is 0 Å².